The molecule has 0 saturated heterocycles. The van der Waals surface area contributed by atoms with E-state index in [0.29, 0.717) is 6.61 Å². The summed E-state index contributed by atoms with van der Waals surface area (Å²) in [5.41, 5.74) is 1.04. The topological polar surface area (TPSA) is 27.7 Å². The molecular weight excluding hydrogens is 320 g/mol. The molecule has 1 aliphatic carbocycles. The van der Waals surface area contributed by atoms with E-state index < -0.39 is 5.79 Å². The second-order valence-electron chi connectivity index (χ2n) is 5.44. The highest BCUT2D eigenvalue weighted by molar-refractivity contribution is 9.10. The van der Waals surface area contributed by atoms with Gasteiger partial charge >= 0.3 is 0 Å². The summed E-state index contributed by atoms with van der Waals surface area (Å²) in [7, 11) is 3.35. The van der Waals surface area contributed by atoms with Gasteiger partial charge in [-0.3, -0.25) is 0 Å². The molecule has 0 unspecified atom stereocenters. The zero-order valence-electron chi connectivity index (χ0n) is 12.2. The fourth-order valence-corrected chi connectivity index (χ4v) is 3.17. The minimum absolute atomic E-state index is 0.0778. The molecule has 1 saturated carbocycles. The predicted octanol–water partition coefficient (Wildman–Crippen LogP) is 4.09. The van der Waals surface area contributed by atoms with Crippen molar-refractivity contribution >= 4 is 15.9 Å². The van der Waals surface area contributed by atoms with Gasteiger partial charge in [0.05, 0.1) is 6.61 Å². The number of hydrogen-bond donors (Lipinski definition) is 0. The number of hydrogen-bond acceptors (Lipinski definition) is 3. The zero-order valence-corrected chi connectivity index (χ0v) is 13.8. The van der Waals surface area contributed by atoms with E-state index in [9.17, 15) is 0 Å². The molecule has 0 bridgehead atoms. The van der Waals surface area contributed by atoms with Crippen LogP contribution in [0.1, 0.15) is 18.4 Å². The second-order valence-corrected chi connectivity index (χ2v) is 6.35. The van der Waals surface area contributed by atoms with Crippen molar-refractivity contribution in [2.24, 2.45) is 5.41 Å². The van der Waals surface area contributed by atoms with E-state index in [1.54, 1.807) is 14.2 Å². The highest BCUT2D eigenvalue weighted by Gasteiger charge is 2.54. The second kappa shape index (κ2) is 5.88. The summed E-state index contributed by atoms with van der Waals surface area (Å²) < 4.78 is 17.9. The van der Waals surface area contributed by atoms with Crippen molar-refractivity contribution in [1.29, 1.82) is 0 Å². The van der Waals surface area contributed by atoms with Gasteiger partial charge in [-0.15, -0.1) is 6.58 Å². The Kier molecular flexibility index (Phi) is 4.57. The summed E-state index contributed by atoms with van der Waals surface area (Å²) in [5.74, 6) is 0.425. The van der Waals surface area contributed by atoms with Crippen molar-refractivity contribution in [2.45, 2.75) is 25.6 Å². The highest BCUT2D eigenvalue weighted by Crippen LogP contribution is 2.51. The SMILES string of the molecule is C=CC1(COc2ccc(Br)cc2C)CC(OC)(OC)C1. The van der Waals surface area contributed by atoms with E-state index in [-0.39, 0.29) is 5.41 Å². The molecule has 1 aromatic rings. The Morgan fingerprint density at radius 1 is 1.30 bits per heavy atom. The van der Waals surface area contributed by atoms with Crippen LogP contribution in [0.5, 0.6) is 5.75 Å². The van der Waals surface area contributed by atoms with Crippen LogP contribution in [0.2, 0.25) is 0 Å². The third-order valence-corrected chi connectivity index (χ3v) is 4.57. The van der Waals surface area contributed by atoms with E-state index in [1.165, 1.54) is 0 Å². The zero-order chi connectivity index (χ0) is 14.8. The maximum absolute atomic E-state index is 5.97. The van der Waals surface area contributed by atoms with Gasteiger partial charge in [-0.1, -0.05) is 22.0 Å². The normalized spacial score (nSPS) is 19.2. The van der Waals surface area contributed by atoms with Gasteiger partial charge in [0.25, 0.3) is 0 Å². The van der Waals surface area contributed by atoms with Gasteiger partial charge < -0.3 is 14.2 Å². The first-order chi connectivity index (χ1) is 9.48. The van der Waals surface area contributed by atoms with E-state index >= 15 is 0 Å². The highest BCUT2D eigenvalue weighted by atomic mass is 79.9. The molecule has 0 aliphatic heterocycles. The molecule has 110 valence electrons. The lowest BCUT2D eigenvalue weighted by atomic mass is 9.65. The fraction of sp³-hybridized carbons (Fsp3) is 0.500. The molecule has 3 nitrogen and oxygen atoms in total. The maximum atomic E-state index is 5.97. The Morgan fingerprint density at radius 3 is 2.45 bits per heavy atom. The summed E-state index contributed by atoms with van der Waals surface area (Å²) >= 11 is 3.45. The molecule has 0 atom stereocenters. The Bertz CT molecular complexity index is 486. The van der Waals surface area contributed by atoms with Crippen LogP contribution in [0.25, 0.3) is 0 Å². The molecule has 1 aromatic carbocycles. The molecule has 2 rings (SSSR count). The lowest BCUT2D eigenvalue weighted by Crippen LogP contribution is -2.55. The Hall–Kier alpha value is -0.840. The van der Waals surface area contributed by atoms with Gasteiger partial charge in [-0.25, -0.2) is 0 Å². The van der Waals surface area contributed by atoms with Crippen molar-refractivity contribution in [3.63, 3.8) is 0 Å². The first kappa shape index (κ1) is 15.5. The Labute approximate surface area is 129 Å². The van der Waals surface area contributed by atoms with Crippen LogP contribution >= 0.6 is 15.9 Å². The van der Waals surface area contributed by atoms with Gasteiger partial charge in [0.2, 0.25) is 0 Å². The van der Waals surface area contributed by atoms with Crippen LogP contribution < -0.4 is 4.74 Å². The monoisotopic (exact) mass is 340 g/mol. The third kappa shape index (κ3) is 2.92. The standard InChI is InChI=1S/C16H21BrO3/c1-5-15(9-16(10-15,18-3)19-4)11-20-14-7-6-13(17)8-12(14)2/h5-8H,1,9-11H2,2-4H3. The largest absolute Gasteiger partial charge is 0.492 e. The van der Waals surface area contributed by atoms with Crippen LogP contribution in [-0.4, -0.2) is 26.6 Å². The van der Waals surface area contributed by atoms with Gasteiger partial charge in [-0.2, -0.15) is 0 Å². The molecule has 0 N–H and O–H groups in total. The minimum Gasteiger partial charge on any atom is -0.492 e. The van der Waals surface area contributed by atoms with Crippen molar-refractivity contribution in [3.8, 4) is 5.75 Å². The van der Waals surface area contributed by atoms with Crippen molar-refractivity contribution < 1.29 is 14.2 Å². The average molecular weight is 341 g/mol. The predicted molar refractivity (Wildman–Crippen MR) is 83.0 cm³/mol. The number of ether oxygens (including phenoxy) is 3. The van der Waals surface area contributed by atoms with Crippen LogP contribution in [0, 0.1) is 12.3 Å². The third-order valence-electron chi connectivity index (χ3n) is 4.07. The van der Waals surface area contributed by atoms with Crippen molar-refractivity contribution in [3.05, 3.63) is 40.9 Å². The van der Waals surface area contributed by atoms with E-state index in [0.717, 1.165) is 28.6 Å². The van der Waals surface area contributed by atoms with E-state index in [4.69, 9.17) is 14.2 Å². The Morgan fingerprint density at radius 2 is 1.95 bits per heavy atom. The van der Waals surface area contributed by atoms with E-state index in [2.05, 4.69) is 22.5 Å². The van der Waals surface area contributed by atoms with Crippen LogP contribution in [0.4, 0.5) is 0 Å². The summed E-state index contributed by atoms with van der Waals surface area (Å²) in [6.07, 6.45) is 3.50. The molecule has 0 spiro atoms. The van der Waals surface area contributed by atoms with Crippen LogP contribution in [-0.2, 0) is 9.47 Å². The minimum atomic E-state index is -0.480. The van der Waals surface area contributed by atoms with Gasteiger partial charge in [0.1, 0.15) is 5.75 Å². The molecule has 0 heterocycles. The molecule has 1 aliphatic rings. The lowest BCUT2D eigenvalue weighted by molar-refractivity contribution is -0.290. The first-order valence-electron chi connectivity index (χ1n) is 6.61. The number of halogens is 1. The quantitative estimate of drug-likeness (QED) is 0.576. The number of aryl methyl sites for hydroxylation is 1. The smallest absolute Gasteiger partial charge is 0.169 e. The number of methoxy groups -OCH3 is 2. The van der Waals surface area contributed by atoms with Gasteiger partial charge in [0, 0.05) is 36.9 Å². The first-order valence-corrected chi connectivity index (χ1v) is 7.40. The number of rotatable bonds is 6. The van der Waals surface area contributed by atoms with Crippen LogP contribution in [0.3, 0.4) is 0 Å². The number of benzene rings is 1. The van der Waals surface area contributed by atoms with E-state index in [1.807, 2.05) is 31.2 Å². The Balaban J connectivity index is 2.01. The van der Waals surface area contributed by atoms with Crippen molar-refractivity contribution in [1.82, 2.24) is 0 Å². The van der Waals surface area contributed by atoms with Crippen molar-refractivity contribution in [2.75, 3.05) is 20.8 Å². The maximum Gasteiger partial charge on any atom is 0.169 e. The molecule has 1 fully saturated rings. The molecule has 4 heteroatoms. The van der Waals surface area contributed by atoms with Crippen LogP contribution in [0.15, 0.2) is 35.3 Å². The molecule has 0 radical (unpaired) electrons. The van der Waals surface area contributed by atoms with Gasteiger partial charge in [0.15, 0.2) is 5.79 Å². The summed E-state index contributed by atoms with van der Waals surface area (Å²) in [6, 6.07) is 6.01. The fourth-order valence-electron chi connectivity index (χ4n) is 2.69. The molecule has 0 aromatic heterocycles. The summed E-state index contributed by atoms with van der Waals surface area (Å²) in [6.45, 7) is 6.57. The molecular formula is C16H21BrO3. The molecule has 20 heavy (non-hydrogen) atoms. The summed E-state index contributed by atoms with van der Waals surface area (Å²) in [5, 5.41) is 0. The van der Waals surface area contributed by atoms with Gasteiger partial charge in [-0.05, 0) is 30.7 Å². The summed E-state index contributed by atoms with van der Waals surface area (Å²) in [4.78, 5) is 0. The molecule has 0 amide bonds. The average Bonchev–Trinajstić information content (AvgIpc) is 2.40. The lowest BCUT2D eigenvalue weighted by Gasteiger charge is -2.52.